The SMILES string of the molecule is CC[C@]1(O)C[C@H](C(C)C)CC[C@@H]1C. The molecule has 0 amide bonds. The van der Waals surface area contributed by atoms with E-state index in [1.54, 1.807) is 0 Å². The molecule has 0 heterocycles. The first-order chi connectivity index (χ1) is 5.99. The summed E-state index contributed by atoms with van der Waals surface area (Å²) < 4.78 is 0. The first kappa shape index (κ1) is 11.0. The Morgan fingerprint density at radius 2 is 2.00 bits per heavy atom. The predicted octanol–water partition coefficient (Wildman–Crippen LogP) is 3.22. The Morgan fingerprint density at radius 3 is 2.46 bits per heavy atom. The van der Waals surface area contributed by atoms with Gasteiger partial charge in [0, 0.05) is 0 Å². The molecule has 0 spiro atoms. The first-order valence-corrected chi connectivity index (χ1v) is 5.72. The van der Waals surface area contributed by atoms with Crippen molar-refractivity contribution >= 4 is 0 Å². The van der Waals surface area contributed by atoms with Crippen LogP contribution in [0.1, 0.15) is 53.4 Å². The van der Waals surface area contributed by atoms with Crippen molar-refractivity contribution in [3.8, 4) is 0 Å². The van der Waals surface area contributed by atoms with Crippen LogP contribution in [0.2, 0.25) is 0 Å². The molecule has 1 aliphatic carbocycles. The number of rotatable bonds is 2. The molecule has 0 aromatic carbocycles. The molecule has 0 bridgehead atoms. The van der Waals surface area contributed by atoms with E-state index in [0.717, 1.165) is 24.7 Å². The summed E-state index contributed by atoms with van der Waals surface area (Å²) in [5.41, 5.74) is -0.368. The highest BCUT2D eigenvalue weighted by Crippen LogP contribution is 2.41. The lowest BCUT2D eigenvalue weighted by Crippen LogP contribution is -2.42. The molecule has 3 atom stereocenters. The quantitative estimate of drug-likeness (QED) is 0.698. The summed E-state index contributed by atoms with van der Waals surface area (Å²) in [6, 6.07) is 0. The third-order valence-electron chi connectivity index (χ3n) is 4.06. The van der Waals surface area contributed by atoms with E-state index in [-0.39, 0.29) is 5.60 Å². The molecule has 1 rings (SSSR count). The highest BCUT2D eigenvalue weighted by molar-refractivity contribution is 4.90. The van der Waals surface area contributed by atoms with Gasteiger partial charge in [0.05, 0.1) is 5.60 Å². The van der Waals surface area contributed by atoms with Gasteiger partial charge in [-0.2, -0.15) is 0 Å². The normalized spacial score (nSPS) is 41.1. The Kier molecular flexibility index (Phi) is 3.39. The predicted molar refractivity (Wildman–Crippen MR) is 56.6 cm³/mol. The van der Waals surface area contributed by atoms with E-state index >= 15 is 0 Å². The molecule has 1 heteroatoms. The Labute approximate surface area is 82.5 Å². The molecule has 78 valence electrons. The lowest BCUT2D eigenvalue weighted by molar-refractivity contribution is -0.0688. The van der Waals surface area contributed by atoms with E-state index < -0.39 is 0 Å². The lowest BCUT2D eigenvalue weighted by atomic mass is 9.67. The average molecular weight is 184 g/mol. The molecule has 0 aromatic heterocycles. The summed E-state index contributed by atoms with van der Waals surface area (Å²) >= 11 is 0. The summed E-state index contributed by atoms with van der Waals surface area (Å²) in [5.74, 6) is 1.96. The zero-order valence-corrected chi connectivity index (χ0v) is 9.51. The van der Waals surface area contributed by atoms with Gasteiger partial charge < -0.3 is 5.11 Å². The minimum atomic E-state index is -0.368. The van der Waals surface area contributed by atoms with Crippen molar-refractivity contribution < 1.29 is 5.11 Å². The summed E-state index contributed by atoms with van der Waals surface area (Å²) in [5, 5.41) is 10.4. The van der Waals surface area contributed by atoms with E-state index in [9.17, 15) is 5.11 Å². The molecule has 1 nitrogen and oxygen atoms in total. The van der Waals surface area contributed by atoms with Crippen molar-refractivity contribution in [2.45, 2.75) is 59.0 Å². The van der Waals surface area contributed by atoms with E-state index in [4.69, 9.17) is 0 Å². The van der Waals surface area contributed by atoms with Gasteiger partial charge in [0.2, 0.25) is 0 Å². The fourth-order valence-corrected chi connectivity index (χ4v) is 2.55. The van der Waals surface area contributed by atoms with Crippen LogP contribution < -0.4 is 0 Å². The van der Waals surface area contributed by atoms with Crippen molar-refractivity contribution in [1.29, 1.82) is 0 Å². The van der Waals surface area contributed by atoms with Crippen LogP contribution in [0, 0.1) is 17.8 Å². The van der Waals surface area contributed by atoms with E-state index in [0.29, 0.717) is 5.92 Å². The van der Waals surface area contributed by atoms with Gasteiger partial charge in [-0.15, -0.1) is 0 Å². The van der Waals surface area contributed by atoms with E-state index in [1.807, 2.05) is 0 Å². The van der Waals surface area contributed by atoms with Crippen LogP contribution in [-0.2, 0) is 0 Å². The molecule has 0 radical (unpaired) electrons. The summed E-state index contributed by atoms with van der Waals surface area (Å²) in [6.07, 6.45) is 4.44. The standard InChI is InChI=1S/C12H24O/c1-5-12(13)8-11(9(2)3)7-6-10(12)4/h9-11,13H,5-8H2,1-4H3/t10-,11+,12-/m0/s1. The van der Waals surface area contributed by atoms with Crippen molar-refractivity contribution in [3.63, 3.8) is 0 Å². The van der Waals surface area contributed by atoms with Gasteiger partial charge in [-0.05, 0) is 43.4 Å². The smallest absolute Gasteiger partial charge is 0.0673 e. The summed E-state index contributed by atoms with van der Waals surface area (Å²) in [7, 11) is 0. The Morgan fingerprint density at radius 1 is 1.38 bits per heavy atom. The van der Waals surface area contributed by atoms with Crippen LogP contribution in [0.4, 0.5) is 0 Å². The van der Waals surface area contributed by atoms with Crippen LogP contribution >= 0.6 is 0 Å². The highest BCUT2D eigenvalue weighted by atomic mass is 16.3. The zero-order chi connectivity index (χ0) is 10.1. The fourth-order valence-electron chi connectivity index (χ4n) is 2.55. The second-order valence-electron chi connectivity index (χ2n) is 5.14. The van der Waals surface area contributed by atoms with Crippen LogP contribution in [0.5, 0.6) is 0 Å². The topological polar surface area (TPSA) is 20.2 Å². The minimum absolute atomic E-state index is 0.368. The maximum atomic E-state index is 10.4. The molecule has 0 aromatic rings. The molecular formula is C12H24O. The Balaban J connectivity index is 2.63. The van der Waals surface area contributed by atoms with Gasteiger partial charge in [-0.3, -0.25) is 0 Å². The number of hydrogen-bond donors (Lipinski definition) is 1. The zero-order valence-electron chi connectivity index (χ0n) is 9.51. The van der Waals surface area contributed by atoms with Crippen LogP contribution in [-0.4, -0.2) is 10.7 Å². The third-order valence-corrected chi connectivity index (χ3v) is 4.06. The van der Waals surface area contributed by atoms with Crippen LogP contribution in [0.15, 0.2) is 0 Å². The highest BCUT2D eigenvalue weighted by Gasteiger charge is 2.39. The van der Waals surface area contributed by atoms with Gasteiger partial charge in [-0.25, -0.2) is 0 Å². The molecule has 1 saturated carbocycles. The van der Waals surface area contributed by atoms with Crippen LogP contribution in [0.3, 0.4) is 0 Å². The summed E-state index contributed by atoms with van der Waals surface area (Å²) in [4.78, 5) is 0. The van der Waals surface area contributed by atoms with Crippen molar-refractivity contribution in [2.24, 2.45) is 17.8 Å². The lowest BCUT2D eigenvalue weighted by Gasteiger charge is -2.42. The molecule has 1 aliphatic rings. The molecule has 0 aliphatic heterocycles. The van der Waals surface area contributed by atoms with Gasteiger partial charge in [-0.1, -0.05) is 27.7 Å². The second-order valence-corrected chi connectivity index (χ2v) is 5.14. The molecule has 1 fully saturated rings. The molecule has 13 heavy (non-hydrogen) atoms. The molecule has 0 unspecified atom stereocenters. The van der Waals surface area contributed by atoms with Crippen molar-refractivity contribution in [3.05, 3.63) is 0 Å². The first-order valence-electron chi connectivity index (χ1n) is 5.72. The second kappa shape index (κ2) is 4.00. The third kappa shape index (κ3) is 2.25. The minimum Gasteiger partial charge on any atom is -0.390 e. The Hall–Kier alpha value is -0.0400. The number of aliphatic hydroxyl groups is 1. The molecular weight excluding hydrogens is 160 g/mol. The fraction of sp³-hybridized carbons (Fsp3) is 1.00. The van der Waals surface area contributed by atoms with Crippen molar-refractivity contribution in [2.75, 3.05) is 0 Å². The largest absolute Gasteiger partial charge is 0.390 e. The molecule has 1 N–H and O–H groups in total. The monoisotopic (exact) mass is 184 g/mol. The number of hydrogen-bond acceptors (Lipinski definition) is 1. The van der Waals surface area contributed by atoms with E-state index in [2.05, 4.69) is 27.7 Å². The van der Waals surface area contributed by atoms with Gasteiger partial charge in [0.15, 0.2) is 0 Å². The average Bonchev–Trinajstić information content (AvgIpc) is 2.09. The maximum Gasteiger partial charge on any atom is 0.0673 e. The van der Waals surface area contributed by atoms with E-state index in [1.165, 1.54) is 12.8 Å². The maximum absolute atomic E-state index is 10.4. The van der Waals surface area contributed by atoms with Crippen molar-refractivity contribution in [1.82, 2.24) is 0 Å². The Bertz CT molecular complexity index is 165. The summed E-state index contributed by atoms with van der Waals surface area (Å²) in [6.45, 7) is 8.85. The van der Waals surface area contributed by atoms with Crippen LogP contribution in [0.25, 0.3) is 0 Å². The molecule has 0 saturated heterocycles. The van der Waals surface area contributed by atoms with Gasteiger partial charge in [0.1, 0.15) is 0 Å². The van der Waals surface area contributed by atoms with Gasteiger partial charge in [0.25, 0.3) is 0 Å². The van der Waals surface area contributed by atoms with Gasteiger partial charge >= 0.3 is 0 Å².